The number of nitrogens with one attached hydrogen (secondary N) is 1. The summed E-state index contributed by atoms with van der Waals surface area (Å²) in [6.07, 6.45) is 8.69. The molecule has 3 N–H and O–H groups in total. The van der Waals surface area contributed by atoms with Gasteiger partial charge in [0.25, 0.3) is 0 Å². The molecule has 0 fully saturated rings. The molecule has 0 heterocycles. The molecule has 0 aromatic heterocycles. The highest BCUT2D eigenvalue weighted by Gasteiger charge is 2.39. The van der Waals surface area contributed by atoms with E-state index in [4.69, 9.17) is 17.3 Å². The minimum absolute atomic E-state index is 0.0526. The van der Waals surface area contributed by atoms with Gasteiger partial charge < -0.3 is 11.1 Å². The molecule has 0 saturated heterocycles. The van der Waals surface area contributed by atoms with Crippen molar-refractivity contribution < 1.29 is 9.37 Å². The number of amides is 1. The zero-order chi connectivity index (χ0) is 21.9. The number of hydrogen-bond acceptors (Lipinski definition) is 2. The van der Waals surface area contributed by atoms with Crippen LogP contribution >= 0.6 is 11.6 Å². The summed E-state index contributed by atoms with van der Waals surface area (Å²) in [4.78, 5) is 11.9. The molecular weight excluding hydrogens is 382 g/mol. The number of carbonyl (C=O) groups excluding carboxylic acids is 1. The molecule has 1 amide bonds. The second-order valence-electron chi connectivity index (χ2n) is 7.98. The number of unbranched alkanes of at least 4 members (excludes halogenated alkanes) is 2. The molecule has 1 aromatic carbocycles. The maximum absolute atomic E-state index is 11.9. The first kappa shape index (κ1) is 25.1. The lowest BCUT2D eigenvalue weighted by molar-refractivity contribution is -0.495. The van der Waals surface area contributed by atoms with E-state index < -0.39 is 5.91 Å². The molecule has 160 valence electrons. The van der Waals surface area contributed by atoms with Gasteiger partial charge in [0.05, 0.1) is 17.0 Å². The molecule has 5 heteroatoms. The van der Waals surface area contributed by atoms with Crippen LogP contribution in [0.25, 0.3) is 0 Å². The number of hydrogen-bond donors (Lipinski definition) is 2. The number of halogens is 1. The zero-order valence-electron chi connectivity index (χ0n) is 18.2. The first-order valence-corrected chi connectivity index (χ1v) is 10.7. The van der Waals surface area contributed by atoms with E-state index in [9.17, 15) is 4.79 Å². The maximum Gasteiger partial charge on any atom is 0.247 e. The Hall–Kier alpha value is -1.91. The molecule has 1 rings (SSSR count). The van der Waals surface area contributed by atoms with E-state index in [0.29, 0.717) is 11.6 Å². The van der Waals surface area contributed by atoms with Gasteiger partial charge >= 0.3 is 0 Å². The molecule has 29 heavy (non-hydrogen) atoms. The third-order valence-corrected chi connectivity index (χ3v) is 5.88. The van der Waals surface area contributed by atoms with Crippen molar-refractivity contribution in [3.8, 4) is 0 Å². The third-order valence-electron chi connectivity index (χ3n) is 5.51. The number of nitrogens with two attached hydrogens (primary N) is 1. The lowest BCUT2D eigenvalue weighted by Crippen LogP contribution is -2.40. The fourth-order valence-corrected chi connectivity index (χ4v) is 4.17. The van der Waals surface area contributed by atoms with Crippen LogP contribution in [0, 0.1) is 11.3 Å². The number of primary amides is 1. The summed E-state index contributed by atoms with van der Waals surface area (Å²) in [5, 5.41) is 4.02. The van der Waals surface area contributed by atoms with E-state index in [1.807, 2.05) is 42.0 Å². The predicted octanol–water partition coefficient (Wildman–Crippen LogP) is 4.92. The largest absolute Gasteiger partial charge is 0.366 e. The minimum Gasteiger partial charge on any atom is -0.366 e. The van der Waals surface area contributed by atoms with Gasteiger partial charge in [-0.3, -0.25) is 4.79 Å². The summed E-state index contributed by atoms with van der Waals surface area (Å²) in [5.74, 6) is -0.418. The average molecular weight is 419 g/mol. The van der Waals surface area contributed by atoms with E-state index >= 15 is 0 Å². The Morgan fingerprint density at radius 2 is 2.07 bits per heavy atom. The Morgan fingerprint density at radius 1 is 1.38 bits per heavy atom. The summed E-state index contributed by atoms with van der Waals surface area (Å²) in [6.45, 7) is 14.0. The SMILES string of the molecule is C=CCC(C(=CC(N)=O)[N+](=C)Cc1ccccc1Cl)C(C)(CCCCC)CNC. The summed E-state index contributed by atoms with van der Waals surface area (Å²) < 4.78 is 1.86. The lowest BCUT2D eigenvalue weighted by Gasteiger charge is -2.37. The standard InChI is InChI=1S/C24H36ClN3O/c1-6-8-11-15-24(3,18-27-4)20(12-7-2)22(16-23(26)29)28(5)17-19-13-9-10-14-21(19)25/h7,9-10,13-14,16,20,27H,2,5-6,8,11-12,15,17-18H2,1,3-4H3,(H-,26,29)/p+1. The van der Waals surface area contributed by atoms with Gasteiger partial charge in [-0.25, -0.2) is 4.58 Å². The van der Waals surface area contributed by atoms with Crippen molar-refractivity contribution in [3.05, 3.63) is 59.3 Å². The van der Waals surface area contributed by atoms with Gasteiger partial charge in [-0.2, -0.15) is 0 Å². The van der Waals surface area contributed by atoms with Crippen molar-refractivity contribution in [2.24, 2.45) is 17.1 Å². The van der Waals surface area contributed by atoms with Gasteiger partial charge in [-0.15, -0.1) is 6.58 Å². The molecule has 0 spiro atoms. The summed E-state index contributed by atoms with van der Waals surface area (Å²) in [7, 11) is 1.96. The number of carbonyl (C=O) groups is 1. The molecule has 1 aromatic rings. The van der Waals surface area contributed by atoms with Crippen LogP contribution in [-0.4, -0.2) is 30.8 Å². The highest BCUT2D eigenvalue weighted by atomic mass is 35.5. The quantitative estimate of drug-likeness (QED) is 0.148. The van der Waals surface area contributed by atoms with Gasteiger partial charge in [0.15, 0.2) is 12.2 Å². The smallest absolute Gasteiger partial charge is 0.247 e. The minimum atomic E-state index is -0.470. The van der Waals surface area contributed by atoms with Crippen molar-refractivity contribution in [2.45, 2.75) is 52.5 Å². The Morgan fingerprint density at radius 3 is 2.62 bits per heavy atom. The Kier molecular flexibility index (Phi) is 10.9. The fourth-order valence-electron chi connectivity index (χ4n) is 3.98. The molecule has 2 atom stereocenters. The van der Waals surface area contributed by atoms with E-state index in [1.54, 1.807) is 0 Å². The van der Waals surface area contributed by atoms with Crippen molar-refractivity contribution in [2.75, 3.05) is 13.6 Å². The molecular formula is C24H37ClN3O+. The summed E-state index contributed by atoms with van der Waals surface area (Å²) >= 11 is 6.35. The Labute approximate surface area is 181 Å². The van der Waals surface area contributed by atoms with Crippen LogP contribution in [0.5, 0.6) is 0 Å². The van der Waals surface area contributed by atoms with Crippen LogP contribution in [0.4, 0.5) is 0 Å². The average Bonchev–Trinajstić information content (AvgIpc) is 2.66. The van der Waals surface area contributed by atoms with Crippen LogP contribution in [0.3, 0.4) is 0 Å². The molecule has 4 nitrogen and oxygen atoms in total. The van der Waals surface area contributed by atoms with Crippen molar-refractivity contribution in [1.29, 1.82) is 0 Å². The summed E-state index contributed by atoms with van der Waals surface area (Å²) in [6, 6.07) is 7.68. The monoisotopic (exact) mass is 418 g/mol. The van der Waals surface area contributed by atoms with Crippen LogP contribution in [0.2, 0.25) is 5.02 Å². The highest BCUT2D eigenvalue weighted by Crippen LogP contribution is 2.40. The van der Waals surface area contributed by atoms with Gasteiger partial charge in [0, 0.05) is 12.1 Å². The second-order valence-corrected chi connectivity index (χ2v) is 8.39. The second kappa shape index (κ2) is 12.6. The Bertz CT molecular complexity index is 729. The fraction of sp³-hybridized carbons (Fsp3) is 0.500. The number of allylic oxidation sites excluding steroid dienone is 2. The maximum atomic E-state index is 11.9. The third kappa shape index (κ3) is 7.79. The first-order valence-electron chi connectivity index (χ1n) is 10.4. The van der Waals surface area contributed by atoms with Crippen molar-refractivity contribution in [1.82, 2.24) is 5.32 Å². The first-order chi connectivity index (χ1) is 13.8. The molecule has 0 radical (unpaired) electrons. The van der Waals surface area contributed by atoms with Gasteiger partial charge in [0.1, 0.15) is 6.72 Å². The van der Waals surface area contributed by atoms with Crippen LogP contribution in [0.15, 0.2) is 48.7 Å². The highest BCUT2D eigenvalue weighted by molar-refractivity contribution is 6.31. The van der Waals surface area contributed by atoms with E-state index in [2.05, 4.69) is 32.5 Å². The van der Waals surface area contributed by atoms with Crippen molar-refractivity contribution in [3.63, 3.8) is 0 Å². The van der Waals surface area contributed by atoms with Crippen LogP contribution in [-0.2, 0) is 11.3 Å². The van der Waals surface area contributed by atoms with Gasteiger partial charge in [-0.05, 0) is 31.4 Å². The normalized spacial score (nSPS) is 14.8. The lowest BCUT2D eigenvalue weighted by atomic mass is 9.69. The van der Waals surface area contributed by atoms with Gasteiger partial charge in [-0.1, -0.05) is 69.0 Å². The van der Waals surface area contributed by atoms with Gasteiger partial charge in [0.2, 0.25) is 5.91 Å². The van der Waals surface area contributed by atoms with Crippen LogP contribution in [0.1, 0.15) is 51.5 Å². The summed E-state index contributed by atoms with van der Waals surface area (Å²) in [5.41, 5.74) is 7.30. The molecule has 0 aliphatic carbocycles. The molecule has 0 bridgehead atoms. The van der Waals surface area contributed by atoms with Crippen molar-refractivity contribution >= 4 is 24.2 Å². The van der Waals surface area contributed by atoms with E-state index in [-0.39, 0.29) is 11.3 Å². The molecule has 0 saturated carbocycles. The van der Waals surface area contributed by atoms with Crippen LogP contribution < -0.4 is 11.1 Å². The number of benzene rings is 1. The molecule has 2 unspecified atom stereocenters. The Balaban J connectivity index is 3.32. The van der Waals surface area contributed by atoms with E-state index in [1.165, 1.54) is 18.9 Å². The number of rotatable bonds is 14. The predicted molar refractivity (Wildman–Crippen MR) is 124 cm³/mol. The zero-order valence-corrected chi connectivity index (χ0v) is 19.0. The molecule has 0 aliphatic heterocycles. The number of nitrogens with zero attached hydrogens (tertiary/aromatic N) is 1. The van der Waals surface area contributed by atoms with E-state index in [0.717, 1.165) is 37.1 Å². The molecule has 0 aliphatic rings. The topological polar surface area (TPSA) is 58.1 Å².